The van der Waals surface area contributed by atoms with Crippen molar-refractivity contribution in [2.75, 3.05) is 0 Å². The van der Waals surface area contributed by atoms with Crippen molar-refractivity contribution in [3.8, 4) is 0 Å². The highest BCUT2D eigenvalue weighted by Crippen LogP contribution is 2.34. The standard InChI is InChI=1S/C17H13Cl2F3N4OS/c1-8(11(6-24-7-23)10-3-4-12(18)13(19)5-10)25-16(27)14-15(17(20,21)22)26-9(2)28-14/h3-7H,1H2,2H3,(H2,23,24)(H,25,27)/b11-6+. The molecular formula is C17H13Cl2F3N4OS. The minimum Gasteiger partial charge on any atom is -0.390 e. The van der Waals surface area contributed by atoms with Gasteiger partial charge in [0.1, 0.15) is 4.88 Å². The van der Waals surface area contributed by atoms with Gasteiger partial charge in [-0.2, -0.15) is 13.2 Å². The van der Waals surface area contributed by atoms with Gasteiger partial charge in [-0.1, -0.05) is 35.8 Å². The molecule has 3 N–H and O–H groups in total. The third-order valence-electron chi connectivity index (χ3n) is 3.32. The van der Waals surface area contributed by atoms with Gasteiger partial charge in [0.2, 0.25) is 0 Å². The number of nitrogens with two attached hydrogens (primary N) is 1. The number of rotatable bonds is 5. The number of nitrogens with one attached hydrogen (secondary N) is 1. The molecule has 0 saturated carbocycles. The van der Waals surface area contributed by atoms with Crippen LogP contribution in [-0.4, -0.2) is 17.2 Å². The third-order valence-corrected chi connectivity index (χ3v) is 5.03. The number of aromatic nitrogens is 1. The van der Waals surface area contributed by atoms with Crippen molar-refractivity contribution in [2.24, 2.45) is 10.7 Å². The molecule has 0 aliphatic heterocycles. The molecule has 0 radical (unpaired) electrons. The van der Waals surface area contributed by atoms with E-state index in [1.807, 2.05) is 0 Å². The van der Waals surface area contributed by atoms with E-state index in [9.17, 15) is 18.0 Å². The summed E-state index contributed by atoms with van der Waals surface area (Å²) < 4.78 is 39.3. The van der Waals surface area contributed by atoms with Gasteiger partial charge in [-0.25, -0.2) is 9.98 Å². The van der Waals surface area contributed by atoms with Crippen LogP contribution in [-0.2, 0) is 6.18 Å². The van der Waals surface area contributed by atoms with Gasteiger partial charge in [-0.05, 0) is 24.6 Å². The Bertz CT molecular complexity index is 983. The van der Waals surface area contributed by atoms with E-state index in [4.69, 9.17) is 28.9 Å². The van der Waals surface area contributed by atoms with Gasteiger partial charge < -0.3 is 11.1 Å². The van der Waals surface area contributed by atoms with Crippen LogP contribution in [0.3, 0.4) is 0 Å². The van der Waals surface area contributed by atoms with E-state index in [1.165, 1.54) is 25.3 Å². The van der Waals surface area contributed by atoms with Gasteiger partial charge in [-0.15, -0.1) is 11.3 Å². The quantitative estimate of drug-likeness (QED) is 0.381. The van der Waals surface area contributed by atoms with E-state index in [0.29, 0.717) is 21.9 Å². The van der Waals surface area contributed by atoms with Crippen LogP contribution in [0.1, 0.15) is 25.9 Å². The predicted octanol–water partition coefficient (Wildman–Crippen LogP) is 5.05. The van der Waals surface area contributed by atoms with Crippen molar-refractivity contribution < 1.29 is 18.0 Å². The van der Waals surface area contributed by atoms with Crippen LogP contribution in [0.2, 0.25) is 10.0 Å². The van der Waals surface area contributed by atoms with E-state index in [-0.39, 0.29) is 21.3 Å². The molecule has 148 valence electrons. The monoisotopic (exact) mass is 448 g/mol. The first kappa shape index (κ1) is 21.9. The number of hydrogen-bond acceptors (Lipinski definition) is 4. The van der Waals surface area contributed by atoms with Crippen LogP contribution < -0.4 is 11.1 Å². The van der Waals surface area contributed by atoms with Gasteiger partial charge in [-0.3, -0.25) is 4.79 Å². The molecule has 0 atom stereocenters. The molecule has 1 aromatic carbocycles. The summed E-state index contributed by atoms with van der Waals surface area (Å²) in [6.07, 6.45) is -2.48. The Kier molecular flexibility index (Phi) is 6.87. The molecule has 11 heteroatoms. The second-order valence-corrected chi connectivity index (χ2v) is 7.33. The van der Waals surface area contributed by atoms with Crippen molar-refractivity contribution in [3.05, 3.63) is 67.9 Å². The lowest BCUT2D eigenvalue weighted by Crippen LogP contribution is -2.25. The molecule has 5 nitrogen and oxygen atoms in total. The van der Waals surface area contributed by atoms with E-state index < -0.39 is 22.7 Å². The normalized spacial score (nSPS) is 12.4. The number of benzene rings is 1. The van der Waals surface area contributed by atoms with Crippen molar-refractivity contribution in [2.45, 2.75) is 13.1 Å². The van der Waals surface area contributed by atoms with Crippen LogP contribution in [0.5, 0.6) is 0 Å². The van der Waals surface area contributed by atoms with E-state index in [1.54, 1.807) is 6.07 Å². The number of halogens is 5. The average Bonchev–Trinajstić information content (AvgIpc) is 3.00. The molecule has 2 aromatic rings. The molecule has 0 aliphatic carbocycles. The maximum Gasteiger partial charge on any atom is 0.435 e. The minimum absolute atomic E-state index is 0.00633. The van der Waals surface area contributed by atoms with Crippen molar-refractivity contribution in [1.29, 1.82) is 0 Å². The number of carbonyl (C=O) groups is 1. The molecule has 0 fully saturated rings. The number of aryl methyl sites for hydroxylation is 1. The average molecular weight is 449 g/mol. The van der Waals surface area contributed by atoms with Crippen molar-refractivity contribution in [3.63, 3.8) is 0 Å². The lowest BCUT2D eigenvalue weighted by atomic mass is 10.0. The van der Waals surface area contributed by atoms with Gasteiger partial charge in [0.15, 0.2) is 5.69 Å². The topological polar surface area (TPSA) is 80.4 Å². The van der Waals surface area contributed by atoms with Gasteiger partial charge in [0.05, 0.1) is 21.4 Å². The molecule has 0 unspecified atom stereocenters. The van der Waals surface area contributed by atoms with Crippen molar-refractivity contribution in [1.82, 2.24) is 10.3 Å². The molecule has 2 rings (SSSR count). The summed E-state index contributed by atoms with van der Waals surface area (Å²) in [4.78, 5) is 19.0. The highest BCUT2D eigenvalue weighted by atomic mass is 35.5. The van der Waals surface area contributed by atoms with Gasteiger partial charge >= 0.3 is 6.18 Å². The van der Waals surface area contributed by atoms with E-state index in [0.717, 1.165) is 6.34 Å². The summed E-state index contributed by atoms with van der Waals surface area (Å²) >= 11 is 12.5. The SMILES string of the molecule is C=C(NC(=O)c1sc(C)nc1C(F)(F)F)/C(=C\N=C/N)c1ccc(Cl)c(Cl)c1. The summed E-state index contributed by atoms with van der Waals surface area (Å²) in [6.45, 7) is 5.09. The van der Waals surface area contributed by atoms with Gasteiger partial charge in [0.25, 0.3) is 5.91 Å². The molecule has 0 bridgehead atoms. The molecule has 28 heavy (non-hydrogen) atoms. The zero-order chi connectivity index (χ0) is 21.1. The predicted molar refractivity (Wildman–Crippen MR) is 106 cm³/mol. The second-order valence-electron chi connectivity index (χ2n) is 5.31. The first-order valence-corrected chi connectivity index (χ1v) is 9.06. The van der Waals surface area contributed by atoms with Crippen LogP contribution >= 0.6 is 34.5 Å². The maximum absolute atomic E-state index is 13.1. The number of allylic oxidation sites excluding steroid dienone is 1. The molecule has 1 aromatic heterocycles. The number of alkyl halides is 3. The Labute approximate surface area is 172 Å². The van der Waals surface area contributed by atoms with Crippen LogP contribution in [0.4, 0.5) is 13.2 Å². The largest absolute Gasteiger partial charge is 0.435 e. The second kappa shape index (κ2) is 8.76. The Hall–Kier alpha value is -2.36. The fourth-order valence-corrected chi connectivity index (χ4v) is 3.27. The minimum atomic E-state index is -4.76. The number of carbonyl (C=O) groups excluding carboxylic acids is 1. The number of thiazole rings is 1. The fraction of sp³-hybridized carbons (Fsp3) is 0.118. The molecule has 1 heterocycles. The molecule has 0 spiro atoms. The number of aliphatic imine (C=N–C) groups is 1. The highest BCUT2D eigenvalue weighted by Gasteiger charge is 2.39. The van der Waals surface area contributed by atoms with Crippen LogP contribution in [0.15, 0.2) is 41.7 Å². The first-order valence-electron chi connectivity index (χ1n) is 7.48. The lowest BCUT2D eigenvalue weighted by Gasteiger charge is -2.13. The number of nitrogens with zero attached hydrogens (tertiary/aromatic N) is 2. The molecule has 1 amide bonds. The van der Waals surface area contributed by atoms with Crippen LogP contribution in [0.25, 0.3) is 5.57 Å². The lowest BCUT2D eigenvalue weighted by molar-refractivity contribution is -0.141. The number of amides is 1. The Morgan fingerprint density at radius 1 is 1.36 bits per heavy atom. The Morgan fingerprint density at radius 3 is 2.61 bits per heavy atom. The molecular weight excluding hydrogens is 436 g/mol. The number of hydrogen-bond donors (Lipinski definition) is 2. The summed E-state index contributed by atoms with van der Waals surface area (Å²) in [5.41, 5.74) is 4.74. The Balaban J connectivity index is 2.37. The first-order chi connectivity index (χ1) is 13.0. The summed E-state index contributed by atoms with van der Waals surface area (Å²) in [7, 11) is 0. The maximum atomic E-state index is 13.1. The Morgan fingerprint density at radius 2 is 2.04 bits per heavy atom. The summed E-state index contributed by atoms with van der Waals surface area (Å²) in [5.74, 6) is -0.995. The summed E-state index contributed by atoms with van der Waals surface area (Å²) in [5, 5.41) is 2.99. The zero-order valence-corrected chi connectivity index (χ0v) is 16.6. The van der Waals surface area contributed by atoms with E-state index in [2.05, 4.69) is 21.9 Å². The zero-order valence-electron chi connectivity index (χ0n) is 14.3. The summed E-state index contributed by atoms with van der Waals surface area (Å²) in [6, 6.07) is 4.60. The third kappa shape index (κ3) is 5.12. The smallest absolute Gasteiger partial charge is 0.390 e. The molecule has 0 saturated heterocycles. The van der Waals surface area contributed by atoms with E-state index >= 15 is 0 Å². The van der Waals surface area contributed by atoms with Crippen molar-refractivity contribution >= 4 is 52.4 Å². The van der Waals surface area contributed by atoms with Gasteiger partial charge in [0, 0.05) is 17.5 Å². The fourth-order valence-electron chi connectivity index (χ4n) is 2.14. The molecule has 0 aliphatic rings. The van der Waals surface area contributed by atoms with Crippen LogP contribution in [0, 0.1) is 6.92 Å². The highest BCUT2D eigenvalue weighted by molar-refractivity contribution is 7.13.